The minimum atomic E-state index is 0.233. The van der Waals surface area contributed by atoms with E-state index in [1.54, 1.807) is 0 Å². The van der Waals surface area contributed by atoms with Gasteiger partial charge in [0.25, 0.3) is 0 Å². The van der Waals surface area contributed by atoms with Crippen molar-refractivity contribution in [2.45, 2.75) is 19.3 Å². The first-order valence-corrected chi connectivity index (χ1v) is 4.94. The first kappa shape index (κ1) is 8.75. The van der Waals surface area contributed by atoms with E-state index in [1.807, 2.05) is 11.0 Å². The number of hydrogen-bond donors (Lipinski definition) is 0. The van der Waals surface area contributed by atoms with Crippen LogP contribution in [0.4, 0.5) is 0 Å². The van der Waals surface area contributed by atoms with Gasteiger partial charge in [-0.3, -0.25) is 4.79 Å². The molecule has 1 saturated heterocycles. The molecule has 1 heterocycles. The van der Waals surface area contributed by atoms with Gasteiger partial charge in [-0.05, 0) is 19.3 Å². The molecule has 0 unspecified atom stereocenters. The van der Waals surface area contributed by atoms with Gasteiger partial charge in [0.15, 0.2) is 0 Å². The fourth-order valence-corrected chi connectivity index (χ4v) is 1.64. The van der Waals surface area contributed by atoms with Crippen LogP contribution in [0.2, 0.25) is 0 Å². The smallest absolute Gasteiger partial charge is 0.249 e. The number of nitrogens with zero attached hydrogens (tertiary/aromatic N) is 1. The summed E-state index contributed by atoms with van der Waals surface area (Å²) >= 11 is 0. The highest BCUT2D eigenvalue weighted by Crippen LogP contribution is 2.20. The summed E-state index contributed by atoms with van der Waals surface area (Å²) in [7, 11) is 0. The third-order valence-corrected chi connectivity index (χ3v) is 2.59. The Kier molecular flexibility index (Phi) is 2.64. The molecule has 3 heteroatoms. The Hall–Kier alpha value is -0.830. The van der Waals surface area contributed by atoms with Gasteiger partial charge in [-0.2, -0.15) is 0 Å². The van der Waals surface area contributed by atoms with Gasteiger partial charge in [0.1, 0.15) is 0 Å². The van der Waals surface area contributed by atoms with Crippen molar-refractivity contribution in [3.05, 3.63) is 11.6 Å². The molecule has 72 valence electrons. The van der Waals surface area contributed by atoms with Crippen LogP contribution in [0, 0.1) is 0 Å². The standard InChI is InChI=1S/C10H15NO2/c12-10(9-3-1-4-9)11-5-2-7-13-8-6-11/h3H,1-2,4-8H2. The van der Waals surface area contributed by atoms with Crippen LogP contribution in [0.15, 0.2) is 11.6 Å². The van der Waals surface area contributed by atoms with E-state index in [0.29, 0.717) is 6.61 Å². The average molecular weight is 181 g/mol. The van der Waals surface area contributed by atoms with Crippen LogP contribution in [-0.2, 0) is 9.53 Å². The summed E-state index contributed by atoms with van der Waals surface area (Å²) in [5.41, 5.74) is 1.00. The molecular formula is C10H15NO2. The molecule has 0 bridgehead atoms. The second-order valence-electron chi connectivity index (χ2n) is 3.53. The lowest BCUT2D eigenvalue weighted by Crippen LogP contribution is -2.35. The summed E-state index contributed by atoms with van der Waals surface area (Å²) in [6.45, 7) is 3.11. The fraction of sp³-hybridized carbons (Fsp3) is 0.700. The van der Waals surface area contributed by atoms with E-state index in [2.05, 4.69) is 0 Å². The quantitative estimate of drug-likeness (QED) is 0.603. The second-order valence-corrected chi connectivity index (χ2v) is 3.53. The normalized spacial score (nSPS) is 23.1. The first-order valence-electron chi connectivity index (χ1n) is 4.94. The minimum absolute atomic E-state index is 0.233. The lowest BCUT2D eigenvalue weighted by molar-refractivity contribution is -0.127. The van der Waals surface area contributed by atoms with Gasteiger partial charge in [0.2, 0.25) is 5.91 Å². The Balaban J connectivity index is 1.93. The maximum absolute atomic E-state index is 11.7. The highest BCUT2D eigenvalue weighted by atomic mass is 16.5. The van der Waals surface area contributed by atoms with Crippen molar-refractivity contribution in [2.24, 2.45) is 0 Å². The van der Waals surface area contributed by atoms with E-state index in [4.69, 9.17) is 4.74 Å². The molecule has 0 atom stereocenters. The molecule has 3 nitrogen and oxygen atoms in total. The van der Waals surface area contributed by atoms with Crippen molar-refractivity contribution in [3.63, 3.8) is 0 Å². The number of ether oxygens (including phenoxy) is 1. The molecule has 1 aliphatic carbocycles. The van der Waals surface area contributed by atoms with Crippen LogP contribution in [0.1, 0.15) is 19.3 Å². The molecule has 0 saturated carbocycles. The zero-order valence-electron chi connectivity index (χ0n) is 7.79. The first-order chi connectivity index (χ1) is 6.38. The number of amides is 1. The van der Waals surface area contributed by atoms with Crippen molar-refractivity contribution in [3.8, 4) is 0 Å². The molecule has 2 aliphatic rings. The topological polar surface area (TPSA) is 29.5 Å². The lowest BCUT2D eigenvalue weighted by Gasteiger charge is -2.23. The molecule has 0 aromatic carbocycles. The largest absolute Gasteiger partial charge is 0.380 e. The van der Waals surface area contributed by atoms with Crippen molar-refractivity contribution < 1.29 is 9.53 Å². The van der Waals surface area contributed by atoms with Crippen LogP contribution in [0.3, 0.4) is 0 Å². The van der Waals surface area contributed by atoms with Crippen LogP contribution >= 0.6 is 0 Å². The number of carbonyl (C=O) groups is 1. The summed E-state index contributed by atoms with van der Waals surface area (Å²) in [4.78, 5) is 13.6. The molecular weight excluding hydrogens is 166 g/mol. The lowest BCUT2D eigenvalue weighted by atomic mass is 9.98. The molecule has 1 fully saturated rings. The van der Waals surface area contributed by atoms with E-state index in [9.17, 15) is 4.79 Å². The molecule has 0 radical (unpaired) electrons. The van der Waals surface area contributed by atoms with E-state index < -0.39 is 0 Å². The van der Waals surface area contributed by atoms with Crippen molar-refractivity contribution in [1.82, 2.24) is 4.90 Å². The van der Waals surface area contributed by atoms with Gasteiger partial charge in [-0.25, -0.2) is 0 Å². The van der Waals surface area contributed by atoms with Crippen molar-refractivity contribution in [2.75, 3.05) is 26.3 Å². The third-order valence-electron chi connectivity index (χ3n) is 2.59. The molecule has 13 heavy (non-hydrogen) atoms. The zero-order valence-corrected chi connectivity index (χ0v) is 7.79. The molecule has 0 N–H and O–H groups in total. The minimum Gasteiger partial charge on any atom is -0.380 e. The summed E-state index contributed by atoms with van der Waals surface area (Å²) in [6, 6.07) is 0. The van der Waals surface area contributed by atoms with Gasteiger partial charge in [0, 0.05) is 25.3 Å². The SMILES string of the molecule is O=C(C1=CCC1)N1CCCOCC1. The van der Waals surface area contributed by atoms with Crippen LogP contribution in [0.5, 0.6) is 0 Å². The van der Waals surface area contributed by atoms with Gasteiger partial charge in [-0.1, -0.05) is 6.08 Å². The average Bonchev–Trinajstić information content (AvgIpc) is 2.27. The highest BCUT2D eigenvalue weighted by Gasteiger charge is 2.21. The summed E-state index contributed by atoms with van der Waals surface area (Å²) in [5, 5.41) is 0. The molecule has 0 aromatic heterocycles. The van der Waals surface area contributed by atoms with E-state index in [0.717, 1.165) is 44.5 Å². The molecule has 0 spiro atoms. The predicted octanol–water partition coefficient (Wildman–Crippen LogP) is 0.955. The van der Waals surface area contributed by atoms with E-state index in [1.165, 1.54) is 0 Å². The predicted molar refractivity (Wildman–Crippen MR) is 49.3 cm³/mol. The van der Waals surface area contributed by atoms with E-state index >= 15 is 0 Å². The maximum Gasteiger partial charge on any atom is 0.249 e. The Bertz CT molecular complexity index is 227. The molecule has 2 rings (SSSR count). The number of rotatable bonds is 1. The highest BCUT2D eigenvalue weighted by molar-refractivity contribution is 5.94. The van der Waals surface area contributed by atoms with Gasteiger partial charge >= 0.3 is 0 Å². The Labute approximate surface area is 78.4 Å². The molecule has 1 aliphatic heterocycles. The zero-order chi connectivity index (χ0) is 9.10. The maximum atomic E-state index is 11.7. The second kappa shape index (κ2) is 3.92. The van der Waals surface area contributed by atoms with Crippen molar-refractivity contribution in [1.29, 1.82) is 0 Å². The Morgan fingerprint density at radius 3 is 2.92 bits per heavy atom. The number of carbonyl (C=O) groups excluding carboxylic acids is 1. The van der Waals surface area contributed by atoms with Crippen molar-refractivity contribution >= 4 is 5.91 Å². The van der Waals surface area contributed by atoms with Gasteiger partial charge < -0.3 is 9.64 Å². The summed E-state index contributed by atoms with van der Waals surface area (Å²) in [5.74, 6) is 0.233. The van der Waals surface area contributed by atoms with Gasteiger partial charge in [-0.15, -0.1) is 0 Å². The molecule has 1 amide bonds. The third kappa shape index (κ3) is 1.91. The van der Waals surface area contributed by atoms with Gasteiger partial charge in [0.05, 0.1) is 6.61 Å². The Morgan fingerprint density at radius 2 is 2.23 bits per heavy atom. The fourth-order valence-electron chi connectivity index (χ4n) is 1.64. The molecule has 0 aromatic rings. The summed E-state index contributed by atoms with van der Waals surface area (Å²) < 4.78 is 5.29. The number of hydrogen-bond acceptors (Lipinski definition) is 2. The van der Waals surface area contributed by atoms with Crippen LogP contribution in [0.25, 0.3) is 0 Å². The van der Waals surface area contributed by atoms with E-state index in [-0.39, 0.29) is 5.91 Å². The Morgan fingerprint density at radius 1 is 1.38 bits per heavy atom. The number of allylic oxidation sites excluding steroid dienone is 1. The van der Waals surface area contributed by atoms with Crippen LogP contribution < -0.4 is 0 Å². The summed E-state index contributed by atoms with van der Waals surface area (Å²) in [6.07, 6.45) is 5.05. The van der Waals surface area contributed by atoms with Crippen LogP contribution in [-0.4, -0.2) is 37.1 Å². The monoisotopic (exact) mass is 181 g/mol.